The summed E-state index contributed by atoms with van der Waals surface area (Å²) in [6.45, 7) is 0.990. The molecule has 3 aromatic rings. The number of hydrogen-bond acceptors (Lipinski definition) is 7. The highest BCUT2D eigenvalue weighted by Gasteiger charge is 2.19. The summed E-state index contributed by atoms with van der Waals surface area (Å²) in [5, 5.41) is 10.2. The van der Waals surface area contributed by atoms with E-state index < -0.39 is 5.91 Å². The van der Waals surface area contributed by atoms with E-state index in [0.29, 0.717) is 34.6 Å². The lowest BCUT2D eigenvalue weighted by Crippen LogP contribution is -2.15. The van der Waals surface area contributed by atoms with Crippen molar-refractivity contribution < 1.29 is 18.7 Å². The average Bonchev–Trinajstić information content (AvgIpc) is 3.20. The predicted molar refractivity (Wildman–Crippen MR) is 93.0 cm³/mol. The van der Waals surface area contributed by atoms with Gasteiger partial charge in [0.15, 0.2) is 11.5 Å². The first-order chi connectivity index (χ1) is 12.1. The molecule has 0 saturated heterocycles. The standard InChI is InChI=1S/C15H9Cl2N3O4S/c16-11-6-8(12(17)25-11)13(21)18-15-20-19-14(24-15)7-1-2-9-10(5-7)23-4-3-22-9/h1-2,5-6H,3-4H2,(H,18,20,21). The summed E-state index contributed by atoms with van der Waals surface area (Å²) < 4.78 is 17.2. The maximum Gasteiger partial charge on any atom is 0.322 e. The molecule has 1 aliphatic heterocycles. The van der Waals surface area contributed by atoms with Crippen molar-refractivity contribution in [3.8, 4) is 23.0 Å². The molecule has 0 radical (unpaired) electrons. The molecule has 0 spiro atoms. The Balaban J connectivity index is 1.54. The molecule has 2 aromatic heterocycles. The van der Waals surface area contributed by atoms with Crippen molar-refractivity contribution >= 4 is 46.5 Å². The summed E-state index contributed by atoms with van der Waals surface area (Å²) in [4.78, 5) is 12.2. The van der Waals surface area contributed by atoms with Gasteiger partial charge in [0.25, 0.3) is 5.91 Å². The number of rotatable bonds is 3. The zero-order valence-electron chi connectivity index (χ0n) is 12.4. The molecule has 4 rings (SSSR count). The number of aromatic nitrogens is 2. The minimum Gasteiger partial charge on any atom is -0.486 e. The van der Waals surface area contributed by atoms with Crippen molar-refractivity contribution in [2.45, 2.75) is 0 Å². The van der Waals surface area contributed by atoms with Crippen LogP contribution in [-0.2, 0) is 0 Å². The zero-order chi connectivity index (χ0) is 17.4. The summed E-state index contributed by atoms with van der Waals surface area (Å²) in [6, 6.07) is 6.69. The quantitative estimate of drug-likeness (QED) is 0.714. The summed E-state index contributed by atoms with van der Waals surface area (Å²) >= 11 is 12.9. The molecule has 10 heteroatoms. The van der Waals surface area contributed by atoms with Crippen LogP contribution in [0.1, 0.15) is 10.4 Å². The second-order valence-electron chi connectivity index (χ2n) is 4.96. The van der Waals surface area contributed by atoms with Crippen LogP contribution in [0.5, 0.6) is 11.5 Å². The van der Waals surface area contributed by atoms with Crippen molar-refractivity contribution in [3.63, 3.8) is 0 Å². The third-order valence-electron chi connectivity index (χ3n) is 3.34. The first-order valence-corrected chi connectivity index (χ1v) is 8.67. The van der Waals surface area contributed by atoms with Crippen LogP contribution in [0.4, 0.5) is 6.01 Å². The van der Waals surface area contributed by atoms with Gasteiger partial charge in [0.1, 0.15) is 17.6 Å². The molecular formula is C15H9Cl2N3O4S. The van der Waals surface area contributed by atoms with E-state index >= 15 is 0 Å². The van der Waals surface area contributed by atoms with Crippen molar-refractivity contribution in [3.05, 3.63) is 38.5 Å². The van der Waals surface area contributed by atoms with E-state index in [1.54, 1.807) is 18.2 Å². The fourth-order valence-corrected chi connectivity index (χ4v) is 3.68. The lowest BCUT2D eigenvalue weighted by Gasteiger charge is -2.18. The minimum absolute atomic E-state index is 0.0479. The van der Waals surface area contributed by atoms with E-state index in [4.69, 9.17) is 37.1 Å². The number of thiophene rings is 1. The van der Waals surface area contributed by atoms with Crippen LogP contribution in [0.25, 0.3) is 11.5 Å². The highest BCUT2D eigenvalue weighted by atomic mass is 35.5. The molecule has 1 aliphatic rings. The van der Waals surface area contributed by atoms with Crippen LogP contribution in [-0.4, -0.2) is 29.3 Å². The third-order valence-corrected chi connectivity index (χ3v) is 4.82. The van der Waals surface area contributed by atoms with E-state index in [1.165, 1.54) is 6.07 Å². The van der Waals surface area contributed by atoms with Crippen LogP contribution < -0.4 is 14.8 Å². The Morgan fingerprint density at radius 1 is 1.12 bits per heavy atom. The predicted octanol–water partition coefficient (Wildman–Crippen LogP) is 4.13. The number of benzene rings is 1. The zero-order valence-corrected chi connectivity index (χ0v) is 14.7. The van der Waals surface area contributed by atoms with Gasteiger partial charge < -0.3 is 13.9 Å². The van der Waals surface area contributed by atoms with E-state index in [-0.39, 0.29) is 21.8 Å². The molecule has 1 amide bonds. The van der Waals surface area contributed by atoms with E-state index in [9.17, 15) is 4.79 Å². The molecule has 1 N–H and O–H groups in total. The maximum absolute atomic E-state index is 12.2. The van der Waals surface area contributed by atoms with Gasteiger partial charge in [-0.25, -0.2) is 0 Å². The number of hydrogen-bond donors (Lipinski definition) is 1. The molecule has 0 bridgehead atoms. The van der Waals surface area contributed by atoms with Crippen LogP contribution in [0.3, 0.4) is 0 Å². The Labute approximate surface area is 155 Å². The Hall–Kier alpha value is -2.29. The van der Waals surface area contributed by atoms with Gasteiger partial charge in [-0.2, -0.15) is 0 Å². The van der Waals surface area contributed by atoms with Gasteiger partial charge in [-0.3, -0.25) is 10.1 Å². The van der Waals surface area contributed by atoms with Gasteiger partial charge in [-0.15, -0.1) is 16.4 Å². The number of ether oxygens (including phenoxy) is 2. The Bertz CT molecular complexity index is 956. The number of nitrogens with one attached hydrogen (secondary N) is 1. The summed E-state index contributed by atoms with van der Waals surface area (Å²) in [5.41, 5.74) is 0.893. The Kier molecular flexibility index (Phi) is 4.24. The molecule has 0 saturated carbocycles. The first-order valence-electron chi connectivity index (χ1n) is 7.10. The first kappa shape index (κ1) is 16.2. The Morgan fingerprint density at radius 2 is 1.92 bits per heavy atom. The molecule has 3 heterocycles. The summed E-state index contributed by atoms with van der Waals surface area (Å²) in [5.74, 6) is 1.02. The number of anilines is 1. The lowest BCUT2D eigenvalue weighted by molar-refractivity contribution is 0.102. The van der Waals surface area contributed by atoms with Gasteiger partial charge >= 0.3 is 6.01 Å². The molecule has 1 aromatic carbocycles. The number of nitrogens with zero attached hydrogens (tertiary/aromatic N) is 2. The van der Waals surface area contributed by atoms with Crippen molar-refractivity contribution in [1.82, 2.24) is 10.2 Å². The normalized spacial score (nSPS) is 12.9. The maximum atomic E-state index is 12.2. The molecule has 7 nitrogen and oxygen atoms in total. The topological polar surface area (TPSA) is 86.5 Å². The number of carbonyl (C=O) groups is 1. The van der Waals surface area contributed by atoms with Gasteiger partial charge in [0.2, 0.25) is 5.89 Å². The molecule has 128 valence electrons. The second kappa shape index (κ2) is 6.55. The number of halogens is 2. The van der Waals surface area contributed by atoms with E-state index in [0.717, 1.165) is 11.3 Å². The lowest BCUT2D eigenvalue weighted by atomic mass is 10.2. The monoisotopic (exact) mass is 397 g/mol. The number of amides is 1. The van der Waals surface area contributed by atoms with E-state index in [2.05, 4.69) is 15.5 Å². The SMILES string of the molecule is O=C(Nc1nnc(-c2ccc3c(c2)OCCO3)o1)c1cc(Cl)sc1Cl. The van der Waals surface area contributed by atoms with Crippen molar-refractivity contribution in [2.24, 2.45) is 0 Å². The minimum atomic E-state index is -0.481. The molecule has 0 atom stereocenters. The van der Waals surface area contributed by atoms with Crippen LogP contribution in [0, 0.1) is 0 Å². The van der Waals surface area contributed by atoms with Crippen LogP contribution in [0.15, 0.2) is 28.7 Å². The molecule has 0 fully saturated rings. The second-order valence-corrected chi connectivity index (χ2v) is 7.25. The van der Waals surface area contributed by atoms with Gasteiger partial charge in [-0.1, -0.05) is 28.3 Å². The summed E-state index contributed by atoms with van der Waals surface area (Å²) in [6.07, 6.45) is 0. The van der Waals surface area contributed by atoms with Gasteiger partial charge in [0, 0.05) is 5.56 Å². The van der Waals surface area contributed by atoms with Gasteiger partial charge in [0.05, 0.1) is 9.90 Å². The average molecular weight is 398 g/mol. The third kappa shape index (κ3) is 3.28. The Morgan fingerprint density at radius 3 is 2.68 bits per heavy atom. The highest BCUT2D eigenvalue weighted by Crippen LogP contribution is 2.35. The van der Waals surface area contributed by atoms with Crippen LogP contribution in [0.2, 0.25) is 8.67 Å². The van der Waals surface area contributed by atoms with Gasteiger partial charge in [-0.05, 0) is 24.3 Å². The molecule has 0 unspecified atom stereocenters. The molecular weight excluding hydrogens is 389 g/mol. The smallest absolute Gasteiger partial charge is 0.322 e. The fraction of sp³-hybridized carbons (Fsp3) is 0.133. The number of fused-ring (bicyclic) bond motifs is 1. The molecule has 25 heavy (non-hydrogen) atoms. The largest absolute Gasteiger partial charge is 0.486 e. The fourth-order valence-electron chi connectivity index (χ4n) is 2.23. The van der Waals surface area contributed by atoms with Crippen molar-refractivity contribution in [2.75, 3.05) is 18.5 Å². The van der Waals surface area contributed by atoms with E-state index in [1.807, 2.05) is 0 Å². The highest BCUT2D eigenvalue weighted by molar-refractivity contribution is 7.20. The van der Waals surface area contributed by atoms with Crippen molar-refractivity contribution in [1.29, 1.82) is 0 Å². The summed E-state index contributed by atoms with van der Waals surface area (Å²) in [7, 11) is 0. The van der Waals surface area contributed by atoms with Crippen LogP contribution >= 0.6 is 34.5 Å². The number of carbonyl (C=O) groups excluding carboxylic acids is 1. The molecule has 0 aliphatic carbocycles.